The summed E-state index contributed by atoms with van der Waals surface area (Å²) in [5.41, 5.74) is 0.746. The number of benzene rings is 1. The first-order valence-corrected chi connectivity index (χ1v) is 9.12. The van der Waals surface area contributed by atoms with Crippen LogP contribution in [0.4, 0.5) is 0 Å². The quantitative estimate of drug-likeness (QED) is 0.555. The van der Waals surface area contributed by atoms with Crippen molar-refractivity contribution < 1.29 is 38.4 Å². The Bertz CT molecular complexity index is 757. The van der Waals surface area contributed by atoms with Crippen LogP contribution >= 0.6 is 0 Å². The molecule has 0 aliphatic carbocycles. The van der Waals surface area contributed by atoms with Crippen molar-refractivity contribution in [1.29, 1.82) is 0 Å². The topological polar surface area (TPSA) is 101 Å². The number of carbonyl (C=O) groups is 2. The van der Waals surface area contributed by atoms with Crippen LogP contribution in [0.3, 0.4) is 0 Å². The van der Waals surface area contributed by atoms with E-state index in [1.54, 1.807) is 6.92 Å². The third-order valence-corrected chi connectivity index (χ3v) is 4.83. The summed E-state index contributed by atoms with van der Waals surface area (Å²) < 4.78 is 27.3. The molecule has 1 heterocycles. The number of hydrogen-bond donors (Lipinski definition) is 1. The second-order valence-corrected chi connectivity index (χ2v) is 7.08. The number of ether oxygens (including phenoxy) is 5. The van der Waals surface area contributed by atoms with Gasteiger partial charge < -0.3 is 28.8 Å². The molecule has 0 saturated carbocycles. The van der Waals surface area contributed by atoms with Gasteiger partial charge in [-0.1, -0.05) is 0 Å². The molecule has 1 aromatic carbocycles. The fourth-order valence-corrected chi connectivity index (χ4v) is 3.46. The summed E-state index contributed by atoms with van der Waals surface area (Å²) in [5.74, 6) is -0.234. The molecule has 0 amide bonds. The Hall–Kier alpha value is -2.32. The van der Waals surface area contributed by atoms with Crippen molar-refractivity contribution in [3.8, 4) is 23.0 Å². The summed E-state index contributed by atoms with van der Waals surface area (Å²) in [6, 6.07) is 0. The molecular formula is C20H28O8. The molecule has 0 radical (unpaired) electrons. The van der Waals surface area contributed by atoms with Crippen LogP contribution in [0.15, 0.2) is 0 Å². The molecule has 1 fully saturated rings. The Morgan fingerprint density at radius 3 is 2.07 bits per heavy atom. The largest absolute Gasteiger partial charge is 0.490 e. The molecular weight excluding hydrogens is 368 g/mol. The minimum Gasteiger partial charge on any atom is -0.490 e. The zero-order chi connectivity index (χ0) is 21.1. The second-order valence-electron chi connectivity index (χ2n) is 7.08. The van der Waals surface area contributed by atoms with Gasteiger partial charge in [0.25, 0.3) is 0 Å². The van der Waals surface area contributed by atoms with E-state index in [2.05, 4.69) is 0 Å². The molecule has 8 nitrogen and oxygen atoms in total. The van der Waals surface area contributed by atoms with E-state index in [1.807, 2.05) is 6.92 Å². The van der Waals surface area contributed by atoms with Crippen LogP contribution in [0.1, 0.15) is 51.2 Å². The number of esters is 2. The summed E-state index contributed by atoms with van der Waals surface area (Å²) in [4.78, 5) is 23.3. The number of aliphatic hydroxyl groups is 1. The molecule has 0 bridgehead atoms. The van der Waals surface area contributed by atoms with Gasteiger partial charge in [-0.05, 0) is 33.1 Å². The van der Waals surface area contributed by atoms with E-state index in [4.69, 9.17) is 23.7 Å². The van der Waals surface area contributed by atoms with E-state index in [0.717, 1.165) is 0 Å². The van der Waals surface area contributed by atoms with Crippen molar-refractivity contribution in [3.05, 3.63) is 11.1 Å². The Morgan fingerprint density at radius 1 is 1.07 bits per heavy atom. The van der Waals surface area contributed by atoms with Crippen LogP contribution in [0.2, 0.25) is 0 Å². The summed E-state index contributed by atoms with van der Waals surface area (Å²) in [6.45, 7) is 6.27. The predicted octanol–water partition coefficient (Wildman–Crippen LogP) is 2.68. The molecule has 2 atom stereocenters. The van der Waals surface area contributed by atoms with E-state index in [1.165, 1.54) is 28.1 Å². The number of methoxy groups -OCH3 is 2. The minimum absolute atomic E-state index is 0.173. The lowest BCUT2D eigenvalue weighted by atomic mass is 9.91. The van der Waals surface area contributed by atoms with Crippen molar-refractivity contribution in [1.82, 2.24) is 0 Å². The monoisotopic (exact) mass is 396 g/mol. The van der Waals surface area contributed by atoms with Crippen LogP contribution in [0.5, 0.6) is 23.0 Å². The highest BCUT2D eigenvalue weighted by Crippen LogP contribution is 2.50. The van der Waals surface area contributed by atoms with Gasteiger partial charge in [0.2, 0.25) is 11.5 Å². The van der Waals surface area contributed by atoms with E-state index >= 15 is 0 Å². The minimum atomic E-state index is -0.777. The Labute approximate surface area is 164 Å². The van der Waals surface area contributed by atoms with Gasteiger partial charge in [-0.25, -0.2) is 0 Å². The van der Waals surface area contributed by atoms with Gasteiger partial charge in [-0.15, -0.1) is 0 Å². The fraction of sp³-hybridized carbons (Fsp3) is 0.600. The lowest BCUT2D eigenvalue weighted by molar-refractivity contribution is -0.133. The average molecular weight is 396 g/mol. The molecule has 1 saturated heterocycles. The molecule has 1 aliphatic rings. The number of carbonyl (C=O) groups excluding carboxylic acids is 2. The molecule has 0 aromatic heterocycles. The molecule has 28 heavy (non-hydrogen) atoms. The van der Waals surface area contributed by atoms with Gasteiger partial charge >= 0.3 is 11.9 Å². The van der Waals surface area contributed by atoms with Gasteiger partial charge in [-0.2, -0.15) is 0 Å². The van der Waals surface area contributed by atoms with Crippen molar-refractivity contribution in [3.63, 3.8) is 0 Å². The average Bonchev–Trinajstić information content (AvgIpc) is 2.95. The third-order valence-electron chi connectivity index (χ3n) is 4.83. The third kappa shape index (κ3) is 4.74. The van der Waals surface area contributed by atoms with Crippen molar-refractivity contribution >= 4 is 11.9 Å². The van der Waals surface area contributed by atoms with Crippen LogP contribution in [0.25, 0.3) is 0 Å². The van der Waals surface area contributed by atoms with Crippen LogP contribution in [-0.2, 0) is 20.7 Å². The molecule has 1 N–H and O–H groups in total. The van der Waals surface area contributed by atoms with Crippen molar-refractivity contribution in [2.24, 2.45) is 0 Å². The van der Waals surface area contributed by atoms with Crippen LogP contribution in [-0.4, -0.2) is 43.2 Å². The van der Waals surface area contributed by atoms with E-state index in [-0.39, 0.29) is 23.0 Å². The summed E-state index contributed by atoms with van der Waals surface area (Å²) in [6.07, 6.45) is 1.51. The second kappa shape index (κ2) is 8.79. The summed E-state index contributed by atoms with van der Waals surface area (Å²) in [5, 5.41) is 9.70. The highest BCUT2D eigenvalue weighted by molar-refractivity contribution is 5.78. The standard InChI is InChI=1S/C20H28O8/c1-11-14(7-9-20(4)10-8-15(23)28-20)17(27-13(3)22)19(25-6)18(24-5)16(11)26-12(2)21/h15,23H,7-10H2,1-6H3. The summed E-state index contributed by atoms with van der Waals surface area (Å²) in [7, 11) is 2.83. The number of aliphatic hydroxyl groups excluding tert-OH is 1. The Kier molecular flexibility index (Phi) is 6.90. The summed E-state index contributed by atoms with van der Waals surface area (Å²) >= 11 is 0. The van der Waals surface area contributed by atoms with E-state index in [9.17, 15) is 14.7 Å². The lowest BCUT2D eigenvalue weighted by Gasteiger charge is -2.26. The highest BCUT2D eigenvalue weighted by atomic mass is 16.6. The van der Waals surface area contributed by atoms with Gasteiger partial charge in [0.05, 0.1) is 19.8 Å². The first-order chi connectivity index (χ1) is 13.1. The maximum atomic E-state index is 11.7. The molecule has 156 valence electrons. The fourth-order valence-electron chi connectivity index (χ4n) is 3.46. The normalized spacial score (nSPS) is 21.3. The SMILES string of the molecule is COc1c(OC(C)=O)c(C)c(CCC2(C)CCC(O)O2)c(OC(C)=O)c1OC. The lowest BCUT2D eigenvalue weighted by Crippen LogP contribution is -2.26. The molecule has 1 aromatic rings. The first kappa shape index (κ1) is 22.0. The maximum Gasteiger partial charge on any atom is 0.308 e. The molecule has 2 unspecified atom stereocenters. The smallest absolute Gasteiger partial charge is 0.308 e. The van der Waals surface area contributed by atoms with E-state index < -0.39 is 23.8 Å². The Morgan fingerprint density at radius 2 is 1.61 bits per heavy atom. The Balaban J connectivity index is 2.56. The zero-order valence-electron chi connectivity index (χ0n) is 17.2. The molecule has 2 rings (SSSR count). The van der Waals surface area contributed by atoms with Gasteiger partial charge in [0, 0.05) is 31.4 Å². The van der Waals surface area contributed by atoms with Crippen molar-refractivity contribution in [2.75, 3.05) is 14.2 Å². The number of hydrogen-bond acceptors (Lipinski definition) is 8. The van der Waals surface area contributed by atoms with Gasteiger partial charge in [0.15, 0.2) is 17.8 Å². The maximum absolute atomic E-state index is 11.7. The van der Waals surface area contributed by atoms with Crippen LogP contribution < -0.4 is 18.9 Å². The zero-order valence-corrected chi connectivity index (χ0v) is 17.2. The predicted molar refractivity (Wildman–Crippen MR) is 100.0 cm³/mol. The first-order valence-electron chi connectivity index (χ1n) is 9.12. The molecule has 1 aliphatic heterocycles. The molecule has 8 heteroatoms. The van der Waals surface area contributed by atoms with Crippen molar-refractivity contribution in [2.45, 2.75) is 65.3 Å². The highest BCUT2D eigenvalue weighted by Gasteiger charge is 2.36. The van der Waals surface area contributed by atoms with Crippen LogP contribution in [0, 0.1) is 6.92 Å². The van der Waals surface area contributed by atoms with E-state index in [0.29, 0.717) is 36.8 Å². The van der Waals surface area contributed by atoms with Gasteiger partial charge in [0.1, 0.15) is 0 Å². The number of rotatable bonds is 7. The van der Waals surface area contributed by atoms with Gasteiger partial charge in [-0.3, -0.25) is 9.59 Å². The molecule has 0 spiro atoms.